The molecule has 4 heteroatoms. The molecular formula is C13H15N3O. The highest BCUT2D eigenvalue weighted by Gasteiger charge is 2.23. The summed E-state index contributed by atoms with van der Waals surface area (Å²) in [5, 5.41) is 5.42. The van der Waals surface area contributed by atoms with Crippen LogP contribution in [-0.2, 0) is 11.3 Å². The number of carbonyl (C=O) groups excluding carboxylic acids is 1. The topological polar surface area (TPSA) is 38.1 Å². The third-order valence-electron chi connectivity index (χ3n) is 3.33. The third-order valence-corrected chi connectivity index (χ3v) is 3.33. The Morgan fingerprint density at radius 1 is 1.41 bits per heavy atom. The van der Waals surface area contributed by atoms with E-state index in [1.165, 1.54) is 0 Å². The average molecular weight is 229 g/mol. The molecule has 1 aromatic heterocycles. The quantitative estimate of drug-likeness (QED) is 0.791. The number of hydrogen-bond acceptors (Lipinski definition) is 2. The van der Waals surface area contributed by atoms with E-state index in [1.54, 1.807) is 0 Å². The average Bonchev–Trinajstić information content (AvgIpc) is 2.94. The Hall–Kier alpha value is -1.84. The molecule has 1 aliphatic heterocycles. The Kier molecular flexibility index (Phi) is 2.35. The molecule has 1 saturated heterocycles. The zero-order chi connectivity index (χ0) is 11.8. The van der Waals surface area contributed by atoms with Gasteiger partial charge in [0.05, 0.1) is 17.4 Å². The van der Waals surface area contributed by atoms with Crippen molar-refractivity contribution in [3.8, 4) is 0 Å². The van der Waals surface area contributed by atoms with Crippen molar-refractivity contribution in [3.05, 3.63) is 24.4 Å². The molecule has 1 aliphatic rings. The van der Waals surface area contributed by atoms with Gasteiger partial charge in [-0.1, -0.05) is 6.07 Å². The van der Waals surface area contributed by atoms with Gasteiger partial charge in [-0.2, -0.15) is 5.10 Å². The molecule has 0 atom stereocenters. The van der Waals surface area contributed by atoms with Gasteiger partial charge in [0, 0.05) is 24.9 Å². The Morgan fingerprint density at radius 3 is 3.00 bits per heavy atom. The maximum atomic E-state index is 11.8. The molecule has 0 unspecified atom stereocenters. The fraction of sp³-hybridized carbons (Fsp3) is 0.385. The van der Waals surface area contributed by atoms with Gasteiger partial charge in [0.25, 0.3) is 0 Å². The van der Waals surface area contributed by atoms with E-state index in [9.17, 15) is 4.79 Å². The summed E-state index contributed by atoms with van der Waals surface area (Å²) < 4.78 is 1.96. The van der Waals surface area contributed by atoms with E-state index in [2.05, 4.69) is 18.1 Å². The van der Waals surface area contributed by atoms with E-state index in [0.29, 0.717) is 6.42 Å². The van der Waals surface area contributed by atoms with Crippen molar-refractivity contribution >= 4 is 22.5 Å². The Labute approximate surface area is 99.8 Å². The minimum absolute atomic E-state index is 0.224. The van der Waals surface area contributed by atoms with E-state index in [0.717, 1.165) is 36.1 Å². The second-order valence-electron chi connectivity index (χ2n) is 4.32. The Morgan fingerprint density at radius 2 is 2.29 bits per heavy atom. The lowest BCUT2D eigenvalue weighted by molar-refractivity contribution is -0.117. The van der Waals surface area contributed by atoms with Crippen molar-refractivity contribution in [2.24, 2.45) is 0 Å². The lowest BCUT2D eigenvalue weighted by Gasteiger charge is -2.16. The summed E-state index contributed by atoms with van der Waals surface area (Å²) in [4.78, 5) is 13.7. The van der Waals surface area contributed by atoms with E-state index < -0.39 is 0 Å². The van der Waals surface area contributed by atoms with Crippen molar-refractivity contribution in [2.45, 2.75) is 26.3 Å². The van der Waals surface area contributed by atoms with Crippen molar-refractivity contribution < 1.29 is 4.79 Å². The molecule has 2 heterocycles. The number of hydrogen-bond donors (Lipinski definition) is 0. The van der Waals surface area contributed by atoms with Crippen LogP contribution in [0.15, 0.2) is 24.4 Å². The molecule has 88 valence electrons. The molecule has 0 radical (unpaired) electrons. The van der Waals surface area contributed by atoms with E-state index in [-0.39, 0.29) is 5.91 Å². The number of fused-ring (bicyclic) bond motifs is 1. The van der Waals surface area contributed by atoms with Crippen LogP contribution >= 0.6 is 0 Å². The van der Waals surface area contributed by atoms with Gasteiger partial charge in [0.15, 0.2) is 0 Å². The molecule has 1 amide bonds. The summed E-state index contributed by atoms with van der Waals surface area (Å²) in [5.74, 6) is 0.224. The summed E-state index contributed by atoms with van der Waals surface area (Å²) >= 11 is 0. The summed E-state index contributed by atoms with van der Waals surface area (Å²) in [6.07, 6.45) is 3.48. The van der Waals surface area contributed by atoms with Crippen LogP contribution in [0.1, 0.15) is 19.8 Å². The Balaban J connectivity index is 2.16. The molecule has 0 bridgehead atoms. The Bertz CT molecular complexity index is 573. The molecule has 17 heavy (non-hydrogen) atoms. The minimum Gasteiger partial charge on any atom is -0.312 e. The van der Waals surface area contributed by atoms with Crippen molar-refractivity contribution in [1.29, 1.82) is 0 Å². The second kappa shape index (κ2) is 3.87. The molecule has 0 saturated carbocycles. The van der Waals surface area contributed by atoms with Crippen LogP contribution in [0, 0.1) is 0 Å². The molecule has 0 aliphatic carbocycles. The summed E-state index contributed by atoms with van der Waals surface area (Å²) in [5.41, 5.74) is 2.11. The maximum Gasteiger partial charge on any atom is 0.227 e. The molecule has 1 fully saturated rings. The van der Waals surface area contributed by atoms with Crippen LogP contribution in [0.5, 0.6) is 0 Å². The van der Waals surface area contributed by atoms with Crippen LogP contribution in [0.3, 0.4) is 0 Å². The number of benzene rings is 1. The second-order valence-corrected chi connectivity index (χ2v) is 4.32. The van der Waals surface area contributed by atoms with E-state index in [1.807, 2.05) is 27.9 Å². The largest absolute Gasteiger partial charge is 0.312 e. The predicted octanol–water partition coefficient (Wildman–Crippen LogP) is 2.18. The van der Waals surface area contributed by atoms with Crippen LogP contribution in [0.4, 0.5) is 5.69 Å². The molecule has 2 aromatic rings. The van der Waals surface area contributed by atoms with Crippen molar-refractivity contribution in [1.82, 2.24) is 9.78 Å². The van der Waals surface area contributed by atoms with Crippen LogP contribution < -0.4 is 4.90 Å². The molecular weight excluding hydrogens is 214 g/mol. The lowest BCUT2D eigenvalue weighted by atomic mass is 10.2. The normalized spacial score (nSPS) is 16.1. The number of rotatable bonds is 2. The third kappa shape index (κ3) is 1.52. The molecule has 0 spiro atoms. The van der Waals surface area contributed by atoms with Gasteiger partial charge in [-0.05, 0) is 25.5 Å². The highest BCUT2D eigenvalue weighted by atomic mass is 16.2. The van der Waals surface area contributed by atoms with Crippen LogP contribution in [0.2, 0.25) is 0 Å². The first-order chi connectivity index (χ1) is 8.31. The monoisotopic (exact) mass is 229 g/mol. The van der Waals surface area contributed by atoms with Gasteiger partial charge in [-0.15, -0.1) is 0 Å². The summed E-state index contributed by atoms with van der Waals surface area (Å²) in [7, 11) is 0. The van der Waals surface area contributed by atoms with Gasteiger partial charge in [0.2, 0.25) is 5.91 Å². The fourth-order valence-corrected chi connectivity index (χ4v) is 2.48. The molecule has 3 rings (SSSR count). The number of carbonyl (C=O) groups is 1. The zero-order valence-electron chi connectivity index (χ0n) is 9.89. The van der Waals surface area contributed by atoms with E-state index >= 15 is 0 Å². The van der Waals surface area contributed by atoms with Gasteiger partial charge in [-0.3, -0.25) is 9.48 Å². The zero-order valence-corrected chi connectivity index (χ0v) is 9.89. The lowest BCUT2D eigenvalue weighted by Crippen LogP contribution is -2.23. The SMILES string of the molecule is CCn1ncc2c(N3CCCC3=O)cccc21. The van der Waals surface area contributed by atoms with Crippen LogP contribution in [0.25, 0.3) is 10.9 Å². The summed E-state index contributed by atoms with van der Waals surface area (Å²) in [6.45, 7) is 3.75. The smallest absolute Gasteiger partial charge is 0.227 e. The standard InChI is InChI=1S/C13H15N3O/c1-2-16-12-6-3-5-11(10(12)9-14-16)15-8-4-7-13(15)17/h3,5-6,9H,2,4,7-8H2,1H3. The minimum atomic E-state index is 0.224. The highest BCUT2D eigenvalue weighted by molar-refractivity contribution is 6.03. The first-order valence-electron chi connectivity index (χ1n) is 6.06. The molecule has 1 aromatic carbocycles. The maximum absolute atomic E-state index is 11.8. The first kappa shape index (κ1) is 10.3. The van der Waals surface area contributed by atoms with Gasteiger partial charge >= 0.3 is 0 Å². The fourth-order valence-electron chi connectivity index (χ4n) is 2.48. The van der Waals surface area contributed by atoms with Crippen molar-refractivity contribution in [3.63, 3.8) is 0 Å². The first-order valence-corrected chi connectivity index (χ1v) is 6.06. The number of aryl methyl sites for hydroxylation is 1. The highest BCUT2D eigenvalue weighted by Crippen LogP contribution is 2.29. The number of anilines is 1. The number of amides is 1. The molecule has 4 nitrogen and oxygen atoms in total. The van der Waals surface area contributed by atoms with E-state index in [4.69, 9.17) is 0 Å². The summed E-state index contributed by atoms with van der Waals surface area (Å²) in [6, 6.07) is 6.06. The van der Waals surface area contributed by atoms with Gasteiger partial charge < -0.3 is 4.90 Å². The van der Waals surface area contributed by atoms with Gasteiger partial charge in [-0.25, -0.2) is 0 Å². The number of nitrogens with zero attached hydrogens (tertiary/aromatic N) is 3. The molecule has 0 N–H and O–H groups in total. The van der Waals surface area contributed by atoms with Crippen molar-refractivity contribution in [2.75, 3.05) is 11.4 Å². The number of aromatic nitrogens is 2. The van der Waals surface area contributed by atoms with Gasteiger partial charge in [0.1, 0.15) is 0 Å². The van der Waals surface area contributed by atoms with Crippen LogP contribution in [-0.4, -0.2) is 22.2 Å². The predicted molar refractivity (Wildman–Crippen MR) is 67.0 cm³/mol.